The van der Waals surface area contributed by atoms with Crippen molar-refractivity contribution in [2.75, 3.05) is 14.2 Å². The molecule has 2 unspecified atom stereocenters. The van der Waals surface area contributed by atoms with Gasteiger partial charge in [-0.25, -0.2) is 8.42 Å². The number of amides is 1. The first-order chi connectivity index (χ1) is 13.9. The van der Waals surface area contributed by atoms with Crippen molar-refractivity contribution in [1.29, 1.82) is 0 Å². The second-order valence-corrected chi connectivity index (χ2v) is 9.22. The van der Waals surface area contributed by atoms with Crippen LogP contribution in [0.4, 0.5) is 0 Å². The van der Waals surface area contributed by atoms with Gasteiger partial charge >= 0.3 is 0 Å². The van der Waals surface area contributed by atoms with Gasteiger partial charge in [-0.05, 0) is 17.7 Å². The summed E-state index contributed by atoms with van der Waals surface area (Å²) in [7, 11) is -0.849. The molecule has 2 aromatic rings. The highest BCUT2D eigenvalue weighted by Crippen LogP contribution is 2.47. The lowest BCUT2D eigenvalue weighted by Gasteiger charge is -2.53. The zero-order chi connectivity index (χ0) is 20.6. The highest BCUT2D eigenvalue weighted by Gasteiger charge is 2.59. The van der Waals surface area contributed by atoms with E-state index in [1.807, 2.05) is 30.3 Å². The summed E-state index contributed by atoms with van der Waals surface area (Å²) in [4.78, 5) is 15.0. The van der Waals surface area contributed by atoms with E-state index in [0.717, 1.165) is 5.56 Å². The van der Waals surface area contributed by atoms with Crippen LogP contribution in [0.2, 0.25) is 0 Å². The molecule has 2 bridgehead atoms. The number of sulfone groups is 1. The zero-order valence-corrected chi connectivity index (χ0v) is 17.1. The van der Waals surface area contributed by atoms with Gasteiger partial charge in [0.1, 0.15) is 6.04 Å². The van der Waals surface area contributed by atoms with Gasteiger partial charge in [-0.3, -0.25) is 4.79 Å². The normalized spacial score (nSPS) is 23.2. The molecular weight excluding hydrogens is 390 g/mol. The number of nitrogens with zero attached hydrogens (tertiary/aromatic N) is 1. The van der Waals surface area contributed by atoms with Crippen LogP contribution in [-0.2, 0) is 30.7 Å². The summed E-state index contributed by atoms with van der Waals surface area (Å²) < 4.78 is 38.4. The van der Waals surface area contributed by atoms with Crippen molar-refractivity contribution < 1.29 is 22.7 Å². The quantitative estimate of drug-likeness (QED) is 0.681. The molecule has 7 heteroatoms. The van der Waals surface area contributed by atoms with Gasteiger partial charge in [0.25, 0.3) is 0 Å². The van der Waals surface area contributed by atoms with Crippen molar-refractivity contribution in [3.63, 3.8) is 0 Å². The number of carbonyl (C=O) groups excluding carboxylic acids is 1. The fraction of sp³-hybridized carbons (Fsp3) is 0.318. The van der Waals surface area contributed by atoms with Gasteiger partial charge in [-0.15, -0.1) is 0 Å². The van der Waals surface area contributed by atoms with Gasteiger partial charge in [-0.1, -0.05) is 54.6 Å². The third kappa shape index (κ3) is 3.19. The Hall–Kier alpha value is -2.48. The Morgan fingerprint density at radius 1 is 1.00 bits per heavy atom. The first-order valence-electron chi connectivity index (χ1n) is 9.39. The van der Waals surface area contributed by atoms with E-state index in [1.54, 1.807) is 41.3 Å². The molecule has 1 amide bonds. The lowest BCUT2D eigenvalue weighted by molar-refractivity contribution is -0.259. The van der Waals surface area contributed by atoms with E-state index in [2.05, 4.69) is 0 Å². The molecule has 0 spiro atoms. The van der Waals surface area contributed by atoms with Crippen LogP contribution < -0.4 is 0 Å². The number of hydrogen-bond donors (Lipinski definition) is 0. The van der Waals surface area contributed by atoms with E-state index < -0.39 is 27.6 Å². The van der Waals surface area contributed by atoms with Crippen LogP contribution in [-0.4, -0.2) is 45.3 Å². The Kier molecular flexibility index (Phi) is 5.06. The minimum atomic E-state index is -3.83. The molecule has 0 N–H and O–H groups in total. The van der Waals surface area contributed by atoms with Crippen LogP contribution in [0, 0.1) is 5.92 Å². The molecule has 152 valence electrons. The van der Waals surface area contributed by atoms with Gasteiger partial charge in [0, 0.05) is 27.2 Å². The zero-order valence-electron chi connectivity index (χ0n) is 16.3. The summed E-state index contributed by atoms with van der Waals surface area (Å²) in [5.41, 5.74) is 0.908. The van der Waals surface area contributed by atoms with E-state index in [1.165, 1.54) is 14.2 Å². The lowest BCUT2D eigenvalue weighted by Crippen LogP contribution is -2.66. The van der Waals surface area contributed by atoms with Crippen LogP contribution in [0.15, 0.2) is 76.5 Å². The average Bonchev–Trinajstić information content (AvgIpc) is 2.77. The van der Waals surface area contributed by atoms with Gasteiger partial charge < -0.3 is 14.4 Å². The van der Waals surface area contributed by atoms with E-state index in [0.29, 0.717) is 0 Å². The molecule has 29 heavy (non-hydrogen) atoms. The molecule has 2 atom stereocenters. The number of ether oxygens (including phenoxy) is 2. The number of hydrogen-bond acceptors (Lipinski definition) is 5. The van der Waals surface area contributed by atoms with Crippen molar-refractivity contribution in [2.45, 2.75) is 29.7 Å². The molecule has 1 aliphatic carbocycles. The Bertz CT molecular complexity index is 1030. The van der Waals surface area contributed by atoms with Gasteiger partial charge in [0.2, 0.25) is 15.7 Å². The monoisotopic (exact) mass is 413 g/mol. The molecule has 0 aromatic heterocycles. The maximum atomic E-state index is 13.5. The molecule has 0 saturated carbocycles. The molecule has 3 aliphatic rings. The highest BCUT2D eigenvalue weighted by atomic mass is 32.2. The van der Waals surface area contributed by atoms with Crippen molar-refractivity contribution in [1.82, 2.24) is 4.90 Å². The van der Waals surface area contributed by atoms with Gasteiger partial charge in [0.15, 0.2) is 5.79 Å². The summed E-state index contributed by atoms with van der Waals surface area (Å²) in [5.74, 6) is -1.97. The number of fused-ring (bicyclic) bond motifs is 2. The third-order valence-corrected chi connectivity index (χ3v) is 7.59. The SMILES string of the molecule is COC1(OC)CC2C=C(S(=O)(=O)c3ccccc3)C1N(Cc1ccccc1)C2=O. The topological polar surface area (TPSA) is 72.9 Å². The maximum Gasteiger partial charge on any atom is 0.230 e. The van der Waals surface area contributed by atoms with Crippen LogP contribution in [0.1, 0.15) is 12.0 Å². The first kappa shape index (κ1) is 19.8. The van der Waals surface area contributed by atoms with Crippen molar-refractivity contribution in [2.24, 2.45) is 5.92 Å². The molecular formula is C22H23NO5S. The van der Waals surface area contributed by atoms with Crippen LogP contribution >= 0.6 is 0 Å². The average molecular weight is 413 g/mol. The summed E-state index contributed by atoms with van der Waals surface area (Å²) in [6, 6.07) is 16.9. The molecule has 2 aliphatic heterocycles. The van der Waals surface area contributed by atoms with Crippen LogP contribution in [0.25, 0.3) is 0 Å². The fourth-order valence-corrected chi connectivity index (χ4v) is 6.00. The Labute approximate surface area is 170 Å². The molecule has 2 aromatic carbocycles. The minimum Gasteiger partial charge on any atom is -0.351 e. The van der Waals surface area contributed by atoms with Crippen LogP contribution in [0.3, 0.4) is 0 Å². The van der Waals surface area contributed by atoms with Gasteiger partial charge in [-0.2, -0.15) is 0 Å². The van der Waals surface area contributed by atoms with Crippen molar-refractivity contribution >= 4 is 15.7 Å². The number of carbonyl (C=O) groups is 1. The van der Waals surface area contributed by atoms with E-state index in [9.17, 15) is 13.2 Å². The Balaban J connectivity index is 1.84. The lowest BCUT2D eigenvalue weighted by atomic mass is 9.79. The number of piperidine rings is 1. The number of methoxy groups -OCH3 is 2. The standard InChI is InChI=1S/C22H23NO5S/c1-27-22(28-2)14-17-13-19(29(25,26)18-11-7-4-8-12-18)20(22)23(21(17)24)15-16-9-5-3-6-10-16/h3-13,17,20H,14-15H2,1-2H3. The van der Waals surface area contributed by atoms with Crippen molar-refractivity contribution in [3.05, 3.63) is 77.2 Å². The smallest absolute Gasteiger partial charge is 0.230 e. The Morgan fingerprint density at radius 3 is 2.17 bits per heavy atom. The largest absolute Gasteiger partial charge is 0.351 e. The molecule has 6 nitrogen and oxygen atoms in total. The maximum absolute atomic E-state index is 13.5. The van der Waals surface area contributed by atoms with Crippen molar-refractivity contribution in [3.8, 4) is 0 Å². The summed E-state index contributed by atoms with van der Waals surface area (Å²) in [6.45, 7) is 0.275. The second kappa shape index (κ2) is 7.40. The Morgan fingerprint density at radius 2 is 1.59 bits per heavy atom. The summed E-state index contributed by atoms with van der Waals surface area (Å²) >= 11 is 0. The molecule has 5 rings (SSSR count). The molecule has 2 heterocycles. The summed E-state index contributed by atoms with van der Waals surface area (Å²) in [6.07, 6.45) is 1.86. The van der Waals surface area contributed by atoms with Crippen LogP contribution in [0.5, 0.6) is 0 Å². The third-order valence-electron chi connectivity index (χ3n) is 5.72. The fourth-order valence-electron chi connectivity index (χ4n) is 4.27. The first-order valence-corrected chi connectivity index (χ1v) is 10.9. The summed E-state index contributed by atoms with van der Waals surface area (Å²) in [5, 5.41) is 0. The predicted molar refractivity (Wildman–Crippen MR) is 107 cm³/mol. The predicted octanol–water partition coefficient (Wildman–Crippen LogP) is 2.76. The number of benzene rings is 2. The van der Waals surface area contributed by atoms with E-state index in [4.69, 9.17) is 9.47 Å². The minimum absolute atomic E-state index is 0.115. The second-order valence-electron chi connectivity index (χ2n) is 7.27. The highest BCUT2D eigenvalue weighted by molar-refractivity contribution is 7.95. The number of rotatable bonds is 6. The molecule has 0 radical (unpaired) electrons. The van der Waals surface area contributed by atoms with E-state index in [-0.39, 0.29) is 28.7 Å². The van der Waals surface area contributed by atoms with Gasteiger partial charge in [0.05, 0.1) is 15.7 Å². The van der Waals surface area contributed by atoms with E-state index >= 15 is 0 Å². The molecule has 1 fully saturated rings. The molecule has 1 saturated heterocycles.